The summed E-state index contributed by atoms with van der Waals surface area (Å²) < 4.78 is 18.1. The van der Waals surface area contributed by atoms with Crippen molar-refractivity contribution in [2.24, 2.45) is 5.92 Å². The highest BCUT2D eigenvalue weighted by atomic mass is 35.5. The molecule has 2 nitrogen and oxygen atoms in total. The van der Waals surface area contributed by atoms with Crippen LogP contribution in [0.3, 0.4) is 0 Å². The van der Waals surface area contributed by atoms with E-state index in [1.807, 2.05) is 6.92 Å². The first-order valence-corrected chi connectivity index (χ1v) is 4.09. The summed E-state index contributed by atoms with van der Waals surface area (Å²) in [5, 5.41) is 6.89. The molecule has 4 heteroatoms. The molecule has 1 heterocycles. The predicted octanol–water partition coefficient (Wildman–Crippen LogP) is 1.65. The van der Waals surface area contributed by atoms with Crippen molar-refractivity contribution >= 4 is 11.6 Å². The molecule has 1 N–H and O–H groups in total. The van der Waals surface area contributed by atoms with Crippen molar-refractivity contribution in [2.45, 2.75) is 37.8 Å². The Morgan fingerprint density at radius 2 is 2.27 bits per heavy atom. The normalized spacial score (nSPS) is 51.5. The molecule has 4 atom stereocenters. The van der Waals surface area contributed by atoms with Gasteiger partial charge in [-0.3, -0.25) is 0 Å². The zero-order chi connectivity index (χ0) is 8.65. The lowest BCUT2D eigenvalue weighted by Crippen LogP contribution is -2.32. The number of aliphatic hydroxyl groups is 1. The van der Waals surface area contributed by atoms with Crippen molar-refractivity contribution in [3.8, 4) is 0 Å². The standard InChI is InChI=1S/C7H12ClFO2/c1-3-5-4(2)7(8,9)6(10)11-5/h4-6,10H,3H2,1-2H3/t4-,5-,6-,7+/m1/s1. The van der Waals surface area contributed by atoms with E-state index in [1.165, 1.54) is 0 Å². The minimum absolute atomic E-state index is 0.271. The number of aliphatic hydroxyl groups excluding tert-OH is 1. The Bertz CT molecular complexity index is 151. The van der Waals surface area contributed by atoms with Gasteiger partial charge in [-0.25, -0.2) is 4.39 Å². The summed E-state index contributed by atoms with van der Waals surface area (Å²) in [7, 11) is 0. The van der Waals surface area contributed by atoms with Gasteiger partial charge < -0.3 is 9.84 Å². The van der Waals surface area contributed by atoms with Gasteiger partial charge in [0.15, 0.2) is 0 Å². The minimum Gasteiger partial charge on any atom is -0.364 e. The molecule has 11 heavy (non-hydrogen) atoms. The van der Waals surface area contributed by atoms with Gasteiger partial charge in [0.2, 0.25) is 11.4 Å². The Balaban J connectivity index is 2.71. The Morgan fingerprint density at radius 1 is 1.73 bits per heavy atom. The van der Waals surface area contributed by atoms with Crippen molar-refractivity contribution in [3.63, 3.8) is 0 Å². The van der Waals surface area contributed by atoms with E-state index in [9.17, 15) is 4.39 Å². The van der Waals surface area contributed by atoms with E-state index < -0.39 is 17.3 Å². The molecule has 66 valence electrons. The van der Waals surface area contributed by atoms with E-state index in [2.05, 4.69) is 0 Å². The Hall–Kier alpha value is 0.140. The van der Waals surface area contributed by atoms with Crippen LogP contribution in [0.15, 0.2) is 0 Å². The summed E-state index contributed by atoms with van der Waals surface area (Å²) in [6, 6.07) is 0. The quantitative estimate of drug-likeness (QED) is 0.625. The molecule has 0 saturated carbocycles. The third-order valence-corrected chi connectivity index (χ3v) is 2.73. The highest BCUT2D eigenvalue weighted by Gasteiger charge is 2.53. The topological polar surface area (TPSA) is 29.5 Å². The lowest BCUT2D eigenvalue weighted by Gasteiger charge is -2.18. The molecule has 1 fully saturated rings. The second kappa shape index (κ2) is 2.88. The maximum absolute atomic E-state index is 13.2. The van der Waals surface area contributed by atoms with Gasteiger partial charge in [0.05, 0.1) is 6.10 Å². The van der Waals surface area contributed by atoms with Gasteiger partial charge >= 0.3 is 0 Å². The molecule has 0 aromatic heterocycles. The zero-order valence-corrected chi connectivity index (χ0v) is 7.31. The van der Waals surface area contributed by atoms with Crippen molar-refractivity contribution in [2.75, 3.05) is 0 Å². The van der Waals surface area contributed by atoms with Crippen LogP contribution in [0.5, 0.6) is 0 Å². The first kappa shape index (κ1) is 9.23. The van der Waals surface area contributed by atoms with E-state index >= 15 is 0 Å². The van der Waals surface area contributed by atoms with Gasteiger partial charge in [-0.2, -0.15) is 0 Å². The van der Waals surface area contributed by atoms with Crippen molar-refractivity contribution in [1.82, 2.24) is 0 Å². The first-order valence-electron chi connectivity index (χ1n) is 3.71. The van der Waals surface area contributed by atoms with Crippen LogP contribution in [-0.4, -0.2) is 22.6 Å². The molecule has 0 radical (unpaired) electrons. The molecule has 0 spiro atoms. The molecule has 1 saturated heterocycles. The minimum atomic E-state index is -2.11. The third-order valence-electron chi connectivity index (χ3n) is 2.20. The molecule has 0 unspecified atom stereocenters. The largest absolute Gasteiger partial charge is 0.364 e. The monoisotopic (exact) mass is 182 g/mol. The van der Waals surface area contributed by atoms with Crippen LogP contribution < -0.4 is 0 Å². The van der Waals surface area contributed by atoms with Crippen LogP contribution in [0.2, 0.25) is 0 Å². The van der Waals surface area contributed by atoms with Crippen LogP contribution in [0.4, 0.5) is 4.39 Å². The van der Waals surface area contributed by atoms with E-state index in [0.29, 0.717) is 6.42 Å². The highest BCUT2D eigenvalue weighted by Crippen LogP contribution is 2.42. The summed E-state index contributed by atoms with van der Waals surface area (Å²) in [6.07, 6.45) is -1.09. The second-order valence-corrected chi connectivity index (χ2v) is 3.48. The number of halogens is 2. The molecule has 0 aromatic carbocycles. The molecule has 1 rings (SSSR count). The van der Waals surface area contributed by atoms with Gasteiger partial charge in [-0.05, 0) is 6.42 Å². The number of hydrogen-bond donors (Lipinski definition) is 1. The van der Waals surface area contributed by atoms with Gasteiger partial charge in [0.25, 0.3) is 0 Å². The van der Waals surface area contributed by atoms with Gasteiger partial charge in [0, 0.05) is 5.92 Å². The van der Waals surface area contributed by atoms with Gasteiger partial charge in [-0.1, -0.05) is 25.4 Å². The average molecular weight is 183 g/mol. The Morgan fingerprint density at radius 3 is 2.45 bits per heavy atom. The van der Waals surface area contributed by atoms with Crippen molar-refractivity contribution in [3.05, 3.63) is 0 Å². The molecule has 0 amide bonds. The maximum Gasteiger partial charge on any atom is 0.238 e. The first-order chi connectivity index (χ1) is 5.00. The van der Waals surface area contributed by atoms with Crippen LogP contribution in [0.1, 0.15) is 20.3 Å². The second-order valence-electron chi connectivity index (χ2n) is 2.90. The molecule has 1 aliphatic rings. The fourth-order valence-corrected chi connectivity index (χ4v) is 1.49. The molecule has 0 aliphatic carbocycles. The van der Waals surface area contributed by atoms with Crippen molar-refractivity contribution in [1.29, 1.82) is 0 Å². The summed E-state index contributed by atoms with van der Waals surface area (Å²) in [5.41, 5.74) is 0. The summed E-state index contributed by atoms with van der Waals surface area (Å²) >= 11 is 5.40. The SMILES string of the molecule is CC[C@H]1O[C@@H](O)[C@](F)(Cl)[C@@H]1C. The molecular weight excluding hydrogens is 171 g/mol. The zero-order valence-electron chi connectivity index (χ0n) is 6.55. The average Bonchev–Trinajstić information content (AvgIpc) is 2.14. The summed E-state index contributed by atoms with van der Waals surface area (Å²) in [6.45, 7) is 3.50. The van der Waals surface area contributed by atoms with Gasteiger partial charge in [0.1, 0.15) is 0 Å². The number of rotatable bonds is 1. The number of alkyl halides is 2. The van der Waals surface area contributed by atoms with Crippen molar-refractivity contribution < 1.29 is 14.2 Å². The molecule has 0 bridgehead atoms. The lowest BCUT2D eigenvalue weighted by molar-refractivity contribution is -0.121. The number of hydrogen-bond acceptors (Lipinski definition) is 2. The third kappa shape index (κ3) is 1.37. The van der Waals surface area contributed by atoms with E-state index in [1.54, 1.807) is 6.92 Å². The van der Waals surface area contributed by atoms with E-state index in [4.69, 9.17) is 21.4 Å². The van der Waals surface area contributed by atoms with E-state index in [-0.39, 0.29) is 6.10 Å². The Kier molecular flexibility index (Phi) is 2.42. The maximum atomic E-state index is 13.2. The smallest absolute Gasteiger partial charge is 0.238 e. The Labute approximate surface area is 70.3 Å². The molecule has 1 aliphatic heterocycles. The van der Waals surface area contributed by atoms with E-state index in [0.717, 1.165) is 0 Å². The molecular formula is C7H12ClFO2. The summed E-state index contributed by atoms with van der Waals surface area (Å²) in [5.74, 6) is -0.454. The van der Waals surface area contributed by atoms with Crippen LogP contribution in [0, 0.1) is 5.92 Å². The fraction of sp³-hybridized carbons (Fsp3) is 1.00. The molecule has 0 aromatic rings. The lowest BCUT2D eigenvalue weighted by atomic mass is 10.00. The number of ether oxygens (including phenoxy) is 1. The van der Waals surface area contributed by atoms with Gasteiger partial charge in [-0.15, -0.1) is 0 Å². The van der Waals surface area contributed by atoms with Crippen LogP contribution in [-0.2, 0) is 4.74 Å². The fourth-order valence-electron chi connectivity index (χ4n) is 1.30. The summed E-state index contributed by atoms with van der Waals surface area (Å²) in [4.78, 5) is 0. The van der Waals surface area contributed by atoms with Crippen LogP contribution in [0.25, 0.3) is 0 Å². The van der Waals surface area contributed by atoms with Crippen LogP contribution >= 0.6 is 11.6 Å². The predicted molar refractivity (Wildman–Crippen MR) is 40.0 cm³/mol. The highest BCUT2D eigenvalue weighted by molar-refractivity contribution is 6.23.